The van der Waals surface area contributed by atoms with Crippen molar-refractivity contribution in [2.45, 2.75) is 0 Å². The number of hydrogen-bond acceptors (Lipinski definition) is 4. The van der Waals surface area contributed by atoms with E-state index in [1.165, 1.54) is 0 Å². The standard InChI is InChI=1S/H2O4S.2H2S.Zn/c1-5(2,3)4;;;/h(H2,1,2,3,4);2*1H2;/q;;;+2/p-2. The molecule has 0 aromatic heterocycles. The third-order valence-corrected chi connectivity index (χ3v) is 0. The molecule has 0 saturated carbocycles. The Labute approximate surface area is 74.3 Å². The van der Waals surface area contributed by atoms with Gasteiger partial charge in [-0.05, 0) is 0 Å². The van der Waals surface area contributed by atoms with E-state index in [1.54, 1.807) is 0 Å². The van der Waals surface area contributed by atoms with Gasteiger partial charge in [0.25, 0.3) is 0 Å². The Morgan fingerprint density at radius 2 is 1.00 bits per heavy atom. The largest absolute Gasteiger partial charge is 2.00 e. The molecule has 8 heteroatoms. The van der Waals surface area contributed by atoms with Crippen LogP contribution in [0.4, 0.5) is 0 Å². The smallest absolute Gasteiger partial charge is 0.759 e. The van der Waals surface area contributed by atoms with Gasteiger partial charge in [0.2, 0.25) is 0 Å². The minimum atomic E-state index is -5.17. The van der Waals surface area contributed by atoms with Crippen LogP contribution in [0, 0.1) is 0 Å². The van der Waals surface area contributed by atoms with Crippen molar-refractivity contribution in [2.75, 3.05) is 0 Å². The molecule has 0 unspecified atom stereocenters. The summed E-state index contributed by atoms with van der Waals surface area (Å²) in [6.07, 6.45) is 0. The Morgan fingerprint density at radius 1 is 1.00 bits per heavy atom. The van der Waals surface area contributed by atoms with Crippen molar-refractivity contribution in [1.82, 2.24) is 0 Å². The van der Waals surface area contributed by atoms with Crippen LogP contribution in [0.2, 0.25) is 0 Å². The number of hydrogen-bond donors (Lipinski definition) is 0. The van der Waals surface area contributed by atoms with Gasteiger partial charge in [0, 0.05) is 10.4 Å². The zero-order valence-corrected chi connectivity index (χ0v) is 9.53. The van der Waals surface area contributed by atoms with E-state index in [0.717, 1.165) is 0 Å². The molecule has 0 saturated heterocycles. The Kier molecular flexibility index (Phi) is 23.4. The molecule has 0 aliphatic heterocycles. The van der Waals surface area contributed by atoms with Crippen LogP contribution < -0.4 is 0 Å². The normalized spacial score (nSPS) is 7.25. The first kappa shape index (κ1) is 22.9. The maximum Gasteiger partial charge on any atom is 2.00 e. The summed E-state index contributed by atoms with van der Waals surface area (Å²) in [6, 6.07) is 0. The predicted molar refractivity (Wildman–Crippen MR) is 31.2 cm³/mol. The maximum absolute atomic E-state index is 8.52. The van der Waals surface area contributed by atoms with E-state index in [-0.39, 0.29) is 46.5 Å². The van der Waals surface area contributed by atoms with Crippen LogP contribution in [0.1, 0.15) is 0 Å². The van der Waals surface area contributed by atoms with Gasteiger partial charge in [-0.2, -0.15) is 27.0 Å². The summed E-state index contributed by atoms with van der Waals surface area (Å²) >= 11 is 0. The molecule has 0 aromatic rings. The van der Waals surface area contributed by atoms with Gasteiger partial charge in [-0.1, -0.05) is 0 Å². The molecule has 0 spiro atoms. The summed E-state index contributed by atoms with van der Waals surface area (Å²) in [6.45, 7) is 0. The molecule has 0 amide bonds. The van der Waals surface area contributed by atoms with Gasteiger partial charge < -0.3 is 9.11 Å². The predicted octanol–water partition coefficient (Wildman–Crippen LogP) is -1.11. The molecular weight excluding hydrogens is 226 g/mol. The van der Waals surface area contributed by atoms with Crippen molar-refractivity contribution in [2.24, 2.45) is 0 Å². The fourth-order valence-corrected chi connectivity index (χ4v) is 0. The van der Waals surface area contributed by atoms with E-state index in [1.807, 2.05) is 0 Å². The third kappa shape index (κ3) is 194. The first-order chi connectivity index (χ1) is 2.00. The summed E-state index contributed by atoms with van der Waals surface area (Å²) in [5.41, 5.74) is 0. The van der Waals surface area contributed by atoms with Crippen molar-refractivity contribution in [3.63, 3.8) is 0 Å². The van der Waals surface area contributed by atoms with Crippen molar-refractivity contribution in [1.29, 1.82) is 0 Å². The first-order valence-corrected chi connectivity index (χ1v) is 2.00. The number of rotatable bonds is 0. The summed E-state index contributed by atoms with van der Waals surface area (Å²) in [5.74, 6) is 0. The third-order valence-electron chi connectivity index (χ3n) is 0. The zero-order valence-electron chi connectivity index (χ0n) is 3.75. The molecule has 4 nitrogen and oxygen atoms in total. The molecule has 0 aromatic carbocycles. The van der Waals surface area contributed by atoms with E-state index in [9.17, 15) is 0 Å². The van der Waals surface area contributed by atoms with Gasteiger partial charge in [-0.3, -0.25) is 8.42 Å². The molecule has 0 aliphatic carbocycles. The molecule has 0 heterocycles. The van der Waals surface area contributed by atoms with Gasteiger partial charge >= 0.3 is 19.5 Å². The Hall–Kier alpha value is 1.19. The second-order valence-electron chi connectivity index (χ2n) is 0.408. The molecule has 48 valence electrons. The first-order valence-electron chi connectivity index (χ1n) is 0.667. The van der Waals surface area contributed by atoms with Crippen LogP contribution in [0.25, 0.3) is 0 Å². The maximum atomic E-state index is 8.52. The average Bonchev–Trinajstić information content (AvgIpc) is 0.722. The summed E-state index contributed by atoms with van der Waals surface area (Å²) < 4.78 is 34.1. The van der Waals surface area contributed by atoms with Crippen LogP contribution in [-0.4, -0.2) is 17.5 Å². The quantitative estimate of drug-likeness (QED) is 0.300. The molecule has 0 atom stereocenters. The van der Waals surface area contributed by atoms with E-state index >= 15 is 0 Å². The van der Waals surface area contributed by atoms with E-state index in [4.69, 9.17) is 17.5 Å². The van der Waals surface area contributed by atoms with E-state index < -0.39 is 10.4 Å². The van der Waals surface area contributed by atoms with Crippen LogP contribution in [-0.2, 0) is 29.9 Å². The fraction of sp³-hybridized carbons (Fsp3) is 0. The monoisotopic (exact) mass is 228 g/mol. The minimum Gasteiger partial charge on any atom is -0.759 e. The topological polar surface area (TPSA) is 80.3 Å². The minimum absolute atomic E-state index is 0. The molecule has 0 N–H and O–H groups in total. The molecule has 0 rings (SSSR count). The Morgan fingerprint density at radius 3 is 1.00 bits per heavy atom. The van der Waals surface area contributed by atoms with Crippen LogP contribution in [0.3, 0.4) is 0 Å². The summed E-state index contributed by atoms with van der Waals surface area (Å²) in [4.78, 5) is 0. The van der Waals surface area contributed by atoms with Crippen LogP contribution >= 0.6 is 27.0 Å². The molecule has 0 fully saturated rings. The fourth-order valence-electron chi connectivity index (χ4n) is 0. The molecule has 0 radical (unpaired) electrons. The van der Waals surface area contributed by atoms with Crippen molar-refractivity contribution in [3.05, 3.63) is 0 Å². The van der Waals surface area contributed by atoms with Gasteiger partial charge in [0.15, 0.2) is 0 Å². The Balaban J connectivity index is -0.0000000267. The molecule has 0 bridgehead atoms. The van der Waals surface area contributed by atoms with Gasteiger partial charge in [0.1, 0.15) is 0 Å². The van der Waals surface area contributed by atoms with Crippen LogP contribution in [0.15, 0.2) is 0 Å². The summed E-state index contributed by atoms with van der Waals surface area (Å²) in [5, 5.41) is 0. The second kappa shape index (κ2) is 8.19. The van der Waals surface area contributed by atoms with Crippen molar-refractivity contribution in [3.8, 4) is 0 Å². The van der Waals surface area contributed by atoms with Crippen LogP contribution in [0.5, 0.6) is 0 Å². The molecule has 8 heavy (non-hydrogen) atoms. The van der Waals surface area contributed by atoms with Gasteiger partial charge in [-0.25, -0.2) is 0 Å². The van der Waals surface area contributed by atoms with E-state index in [0.29, 0.717) is 0 Å². The second-order valence-corrected chi connectivity index (χ2v) is 1.22. The van der Waals surface area contributed by atoms with Crippen molar-refractivity contribution < 1.29 is 37.0 Å². The van der Waals surface area contributed by atoms with Crippen molar-refractivity contribution >= 4 is 37.4 Å². The average molecular weight is 230 g/mol. The zero-order chi connectivity index (χ0) is 4.50. The summed E-state index contributed by atoms with van der Waals surface area (Å²) in [7, 11) is -5.17. The molecular formula is H4O4S3Zn. The van der Waals surface area contributed by atoms with Gasteiger partial charge in [0.05, 0.1) is 0 Å². The Bertz CT molecular complexity index is 94.5. The van der Waals surface area contributed by atoms with E-state index in [2.05, 4.69) is 0 Å². The SMILES string of the molecule is O=S(=O)([O-])[O-].S.S.[Zn+2]. The van der Waals surface area contributed by atoms with Gasteiger partial charge in [-0.15, -0.1) is 0 Å². The molecule has 0 aliphatic rings.